The molecule has 24 heavy (non-hydrogen) atoms. The molecule has 6 nitrogen and oxygen atoms in total. The first-order chi connectivity index (χ1) is 10.7. The van der Waals surface area contributed by atoms with E-state index in [0.717, 1.165) is 5.69 Å². The van der Waals surface area contributed by atoms with E-state index in [4.69, 9.17) is 10.5 Å². The minimum atomic E-state index is -0.505. The Morgan fingerprint density at radius 3 is 2.58 bits per heavy atom. The smallest absolute Gasteiger partial charge is 0.407 e. The maximum Gasteiger partial charge on any atom is 0.407 e. The number of alkyl carbamates (subject to hydrolysis) is 1. The van der Waals surface area contributed by atoms with E-state index in [1.54, 1.807) is 0 Å². The molecule has 136 valence electrons. The molecule has 0 aliphatic heterocycles. The maximum absolute atomic E-state index is 11.5. The Morgan fingerprint density at radius 2 is 2.00 bits per heavy atom. The summed E-state index contributed by atoms with van der Waals surface area (Å²) in [6, 6.07) is 8.04. The fraction of sp³-hybridized carbons (Fsp3) is 0.529. The van der Waals surface area contributed by atoms with Crippen LogP contribution in [0.2, 0.25) is 0 Å². The Labute approximate surface area is 161 Å². The lowest BCUT2D eigenvalue weighted by Crippen LogP contribution is -2.34. The molecule has 1 rings (SSSR count). The third-order valence-corrected chi connectivity index (χ3v) is 2.89. The summed E-state index contributed by atoms with van der Waals surface area (Å²) in [6.07, 6.45) is -0.455. The first-order valence-corrected chi connectivity index (χ1v) is 7.81. The number of aliphatic imine (C=N–C) groups is 1. The molecule has 0 bridgehead atoms. The fourth-order valence-corrected chi connectivity index (χ4v) is 1.81. The van der Waals surface area contributed by atoms with Crippen molar-refractivity contribution in [2.45, 2.75) is 46.1 Å². The van der Waals surface area contributed by atoms with E-state index in [0.29, 0.717) is 25.0 Å². The number of benzene rings is 1. The van der Waals surface area contributed by atoms with Crippen molar-refractivity contribution in [3.05, 3.63) is 29.8 Å². The fourth-order valence-electron chi connectivity index (χ4n) is 1.81. The van der Waals surface area contributed by atoms with E-state index in [9.17, 15) is 4.79 Å². The van der Waals surface area contributed by atoms with Crippen LogP contribution in [0.3, 0.4) is 0 Å². The van der Waals surface area contributed by atoms with E-state index in [2.05, 4.69) is 35.5 Å². The normalized spacial score (nSPS) is 11.7. The van der Waals surface area contributed by atoms with Gasteiger partial charge in [0.1, 0.15) is 5.60 Å². The number of nitrogens with two attached hydrogens (primary N) is 1. The van der Waals surface area contributed by atoms with Gasteiger partial charge in [-0.25, -0.2) is 4.79 Å². The van der Waals surface area contributed by atoms with Crippen LogP contribution in [-0.2, 0) is 4.74 Å². The van der Waals surface area contributed by atoms with Crippen LogP contribution in [0.5, 0.6) is 0 Å². The molecule has 1 amide bonds. The molecular weight excluding hydrogens is 419 g/mol. The average Bonchev–Trinajstić information content (AvgIpc) is 2.42. The molecule has 0 heterocycles. The summed E-state index contributed by atoms with van der Waals surface area (Å²) < 4.78 is 5.13. The van der Waals surface area contributed by atoms with Crippen molar-refractivity contribution < 1.29 is 9.53 Å². The number of amides is 1. The maximum atomic E-state index is 11.5. The lowest BCUT2D eigenvalue weighted by atomic mass is 10.0. The second-order valence-corrected chi connectivity index (χ2v) is 6.60. The number of halogens is 1. The van der Waals surface area contributed by atoms with Gasteiger partial charge in [-0.15, -0.1) is 24.0 Å². The van der Waals surface area contributed by atoms with Crippen LogP contribution in [0, 0.1) is 0 Å². The Kier molecular flexibility index (Phi) is 9.72. The van der Waals surface area contributed by atoms with Gasteiger partial charge < -0.3 is 21.1 Å². The van der Waals surface area contributed by atoms with Gasteiger partial charge in [0.25, 0.3) is 0 Å². The van der Waals surface area contributed by atoms with Gasteiger partial charge in [0.2, 0.25) is 0 Å². The largest absolute Gasteiger partial charge is 0.444 e. The van der Waals surface area contributed by atoms with E-state index < -0.39 is 11.7 Å². The number of guanidine groups is 1. The average molecular weight is 448 g/mol. The Morgan fingerprint density at radius 1 is 1.33 bits per heavy atom. The molecule has 0 unspecified atom stereocenters. The molecule has 1 aromatic carbocycles. The molecule has 1 aromatic rings. The van der Waals surface area contributed by atoms with E-state index in [-0.39, 0.29) is 24.0 Å². The molecule has 0 radical (unpaired) electrons. The minimum absolute atomic E-state index is 0. The molecule has 0 aromatic heterocycles. The second-order valence-electron chi connectivity index (χ2n) is 6.60. The molecule has 0 fully saturated rings. The topological polar surface area (TPSA) is 88.7 Å². The SMILES string of the molecule is CC(C)c1cccc(NC(N)=NCCNC(=O)OC(C)(C)C)c1.I. The lowest BCUT2D eigenvalue weighted by Gasteiger charge is -2.19. The molecular formula is C17H29IN4O2. The summed E-state index contributed by atoms with van der Waals surface area (Å²) >= 11 is 0. The number of hydrogen-bond acceptors (Lipinski definition) is 3. The highest BCUT2D eigenvalue weighted by molar-refractivity contribution is 14.0. The van der Waals surface area contributed by atoms with Crippen LogP contribution < -0.4 is 16.4 Å². The van der Waals surface area contributed by atoms with Crippen molar-refractivity contribution in [1.29, 1.82) is 0 Å². The van der Waals surface area contributed by atoms with Crippen LogP contribution >= 0.6 is 24.0 Å². The standard InChI is InChI=1S/C17H28N4O2.HI/c1-12(2)13-7-6-8-14(11-13)21-15(18)19-9-10-20-16(22)23-17(3,4)5;/h6-8,11-12H,9-10H2,1-5H3,(H,20,22)(H3,18,19,21);1H. The Bertz CT molecular complexity index is 554. The van der Waals surface area contributed by atoms with Crippen molar-refractivity contribution in [1.82, 2.24) is 5.32 Å². The van der Waals surface area contributed by atoms with Gasteiger partial charge in [-0.2, -0.15) is 0 Å². The number of anilines is 1. The molecule has 0 spiro atoms. The zero-order chi connectivity index (χ0) is 17.5. The number of nitrogens with one attached hydrogen (secondary N) is 2. The van der Waals surface area contributed by atoms with E-state index in [1.807, 2.05) is 39.0 Å². The van der Waals surface area contributed by atoms with Crippen molar-refractivity contribution in [3.8, 4) is 0 Å². The van der Waals surface area contributed by atoms with Gasteiger partial charge in [-0.05, 0) is 44.4 Å². The zero-order valence-corrected chi connectivity index (χ0v) is 17.4. The number of carbonyl (C=O) groups is 1. The number of carbonyl (C=O) groups excluding carboxylic acids is 1. The quantitative estimate of drug-likeness (QED) is 0.278. The Hall–Kier alpha value is -1.51. The summed E-state index contributed by atoms with van der Waals surface area (Å²) in [7, 11) is 0. The predicted molar refractivity (Wildman–Crippen MR) is 110 cm³/mol. The van der Waals surface area contributed by atoms with Crippen LogP contribution in [-0.4, -0.2) is 30.7 Å². The highest BCUT2D eigenvalue weighted by Gasteiger charge is 2.15. The summed E-state index contributed by atoms with van der Waals surface area (Å²) in [5.41, 5.74) is 7.47. The van der Waals surface area contributed by atoms with Crippen molar-refractivity contribution in [3.63, 3.8) is 0 Å². The molecule has 0 aliphatic carbocycles. The molecule has 0 atom stereocenters. The zero-order valence-electron chi connectivity index (χ0n) is 15.1. The summed E-state index contributed by atoms with van der Waals surface area (Å²) in [5, 5.41) is 5.68. The number of hydrogen-bond donors (Lipinski definition) is 3. The minimum Gasteiger partial charge on any atom is -0.444 e. The van der Waals surface area contributed by atoms with Crippen LogP contribution in [0.15, 0.2) is 29.3 Å². The molecule has 0 aliphatic rings. The predicted octanol–water partition coefficient (Wildman–Crippen LogP) is 3.68. The molecule has 0 saturated heterocycles. The summed E-state index contributed by atoms with van der Waals surface area (Å²) in [5.74, 6) is 0.768. The van der Waals surface area contributed by atoms with Gasteiger partial charge in [-0.3, -0.25) is 4.99 Å². The third-order valence-electron chi connectivity index (χ3n) is 2.89. The molecule has 0 saturated carbocycles. The van der Waals surface area contributed by atoms with E-state index >= 15 is 0 Å². The summed E-state index contributed by atoms with van der Waals surface area (Å²) in [6.45, 7) is 10.5. The summed E-state index contributed by atoms with van der Waals surface area (Å²) in [4.78, 5) is 15.6. The number of rotatable bonds is 5. The van der Waals surface area contributed by atoms with Gasteiger partial charge in [-0.1, -0.05) is 26.0 Å². The molecule has 7 heteroatoms. The number of nitrogens with zero attached hydrogens (tertiary/aromatic N) is 1. The van der Waals surface area contributed by atoms with Crippen LogP contribution in [0.1, 0.15) is 46.1 Å². The third kappa shape index (κ3) is 9.59. The van der Waals surface area contributed by atoms with Crippen molar-refractivity contribution in [2.75, 3.05) is 18.4 Å². The lowest BCUT2D eigenvalue weighted by molar-refractivity contribution is 0.0529. The van der Waals surface area contributed by atoms with Gasteiger partial charge >= 0.3 is 6.09 Å². The van der Waals surface area contributed by atoms with Crippen LogP contribution in [0.4, 0.5) is 10.5 Å². The van der Waals surface area contributed by atoms with E-state index in [1.165, 1.54) is 5.56 Å². The second kappa shape index (κ2) is 10.4. The van der Waals surface area contributed by atoms with Crippen LogP contribution in [0.25, 0.3) is 0 Å². The first kappa shape index (κ1) is 22.5. The number of ether oxygens (including phenoxy) is 1. The van der Waals surface area contributed by atoms with Gasteiger partial charge in [0.05, 0.1) is 6.54 Å². The van der Waals surface area contributed by atoms with Gasteiger partial charge in [0.15, 0.2) is 5.96 Å². The van der Waals surface area contributed by atoms with Crippen molar-refractivity contribution >= 4 is 41.7 Å². The highest BCUT2D eigenvalue weighted by Crippen LogP contribution is 2.18. The van der Waals surface area contributed by atoms with Crippen molar-refractivity contribution in [2.24, 2.45) is 10.7 Å². The Balaban J connectivity index is 0.00000529. The molecule has 4 N–H and O–H groups in total. The van der Waals surface area contributed by atoms with Gasteiger partial charge in [0, 0.05) is 12.2 Å². The highest BCUT2D eigenvalue weighted by atomic mass is 127. The first-order valence-electron chi connectivity index (χ1n) is 7.81. The monoisotopic (exact) mass is 448 g/mol.